The summed E-state index contributed by atoms with van der Waals surface area (Å²) in [5.41, 5.74) is -0.706. The van der Waals surface area contributed by atoms with Crippen molar-refractivity contribution in [3.63, 3.8) is 0 Å². The monoisotopic (exact) mass is 284 g/mol. The lowest BCUT2D eigenvalue weighted by Crippen LogP contribution is -2.20. The molecule has 20 heavy (non-hydrogen) atoms. The molecule has 110 valence electrons. The Hall–Kier alpha value is -1.72. The first kappa shape index (κ1) is 14.7. The minimum Gasteiger partial charge on any atom is -0.382 e. The summed E-state index contributed by atoms with van der Waals surface area (Å²) in [5, 5.41) is 13.5. The van der Waals surface area contributed by atoms with Crippen molar-refractivity contribution >= 4 is 11.4 Å². The Morgan fingerprint density at radius 2 is 1.90 bits per heavy atom. The molecular weight excluding hydrogens is 266 g/mol. The predicted octanol–water partition coefficient (Wildman–Crippen LogP) is 4.11. The summed E-state index contributed by atoms with van der Waals surface area (Å²) in [6, 6.07) is 1.49. The van der Waals surface area contributed by atoms with Crippen LogP contribution in [0.15, 0.2) is 12.1 Å². The average Bonchev–Trinajstić information content (AvgIpc) is 2.39. The van der Waals surface area contributed by atoms with E-state index >= 15 is 0 Å². The summed E-state index contributed by atoms with van der Waals surface area (Å²) >= 11 is 0. The number of anilines is 1. The maximum absolute atomic E-state index is 13.6. The van der Waals surface area contributed by atoms with Gasteiger partial charge in [0.2, 0.25) is 5.82 Å². The molecule has 1 saturated carbocycles. The van der Waals surface area contributed by atoms with Crippen molar-refractivity contribution in [2.24, 2.45) is 11.8 Å². The highest BCUT2D eigenvalue weighted by Gasteiger charge is 2.21. The van der Waals surface area contributed by atoms with Crippen LogP contribution in [0.25, 0.3) is 0 Å². The average molecular weight is 284 g/mol. The van der Waals surface area contributed by atoms with Crippen molar-refractivity contribution in [1.82, 2.24) is 0 Å². The van der Waals surface area contributed by atoms with E-state index in [1.165, 1.54) is 0 Å². The molecule has 0 heterocycles. The lowest BCUT2D eigenvalue weighted by Gasteiger charge is -2.26. The van der Waals surface area contributed by atoms with Crippen molar-refractivity contribution < 1.29 is 13.7 Å². The van der Waals surface area contributed by atoms with Gasteiger partial charge in [-0.05, 0) is 24.7 Å². The second kappa shape index (κ2) is 6.15. The molecule has 0 saturated heterocycles. The molecule has 1 N–H and O–H groups in total. The Balaban J connectivity index is 2.02. The van der Waals surface area contributed by atoms with Crippen LogP contribution in [0.3, 0.4) is 0 Å². The van der Waals surface area contributed by atoms with E-state index in [2.05, 4.69) is 12.2 Å². The van der Waals surface area contributed by atoms with E-state index in [0.29, 0.717) is 18.5 Å². The van der Waals surface area contributed by atoms with Crippen molar-refractivity contribution in [1.29, 1.82) is 0 Å². The van der Waals surface area contributed by atoms with Gasteiger partial charge < -0.3 is 5.32 Å². The molecule has 1 aliphatic carbocycles. The van der Waals surface area contributed by atoms with Crippen LogP contribution in [0, 0.1) is 33.6 Å². The van der Waals surface area contributed by atoms with Gasteiger partial charge in [-0.2, -0.15) is 4.39 Å². The smallest absolute Gasteiger partial charge is 0.307 e. The Labute approximate surface area is 116 Å². The standard InChI is InChI=1S/C14H18F2N2O2/c1-9-2-4-10(5-3-9)8-17-13-7-14(18(19)20)12(16)6-11(13)15/h6-7,9-10,17H,2-5,8H2,1H3. The van der Waals surface area contributed by atoms with Gasteiger partial charge in [-0.15, -0.1) is 0 Å². The molecule has 0 spiro atoms. The van der Waals surface area contributed by atoms with Gasteiger partial charge in [-0.25, -0.2) is 4.39 Å². The number of halogens is 2. The second-order valence-electron chi connectivity index (χ2n) is 5.55. The molecule has 1 aromatic rings. The van der Waals surface area contributed by atoms with Gasteiger partial charge in [0.05, 0.1) is 10.6 Å². The maximum Gasteiger partial charge on any atom is 0.307 e. The molecule has 0 atom stereocenters. The highest BCUT2D eigenvalue weighted by Crippen LogP contribution is 2.30. The first-order chi connectivity index (χ1) is 9.47. The third-order valence-electron chi connectivity index (χ3n) is 3.95. The fraction of sp³-hybridized carbons (Fsp3) is 0.571. The number of benzene rings is 1. The molecule has 0 amide bonds. The zero-order valence-electron chi connectivity index (χ0n) is 11.4. The van der Waals surface area contributed by atoms with Crippen molar-refractivity contribution in [2.45, 2.75) is 32.6 Å². The number of nitrogens with zero attached hydrogens (tertiary/aromatic N) is 1. The quantitative estimate of drug-likeness (QED) is 0.668. The molecule has 0 aliphatic heterocycles. The Morgan fingerprint density at radius 1 is 1.25 bits per heavy atom. The largest absolute Gasteiger partial charge is 0.382 e. The van der Waals surface area contributed by atoms with Crippen molar-refractivity contribution in [3.8, 4) is 0 Å². The number of nitro groups is 1. The van der Waals surface area contributed by atoms with Crippen LogP contribution in [-0.2, 0) is 0 Å². The van der Waals surface area contributed by atoms with Crippen LogP contribution in [0.2, 0.25) is 0 Å². The van der Waals surface area contributed by atoms with Crippen LogP contribution in [0.4, 0.5) is 20.2 Å². The minimum atomic E-state index is -1.15. The van der Waals surface area contributed by atoms with Gasteiger partial charge >= 0.3 is 5.69 Å². The van der Waals surface area contributed by atoms with Crippen LogP contribution < -0.4 is 5.32 Å². The zero-order valence-corrected chi connectivity index (χ0v) is 11.4. The summed E-state index contributed by atoms with van der Waals surface area (Å²) in [7, 11) is 0. The molecule has 1 aromatic carbocycles. The van der Waals surface area contributed by atoms with Gasteiger partial charge in [-0.3, -0.25) is 10.1 Å². The number of hydrogen-bond donors (Lipinski definition) is 1. The van der Waals surface area contributed by atoms with Gasteiger partial charge in [0.25, 0.3) is 0 Å². The Kier molecular flexibility index (Phi) is 4.52. The van der Waals surface area contributed by atoms with E-state index in [0.717, 1.165) is 37.7 Å². The Bertz CT molecular complexity index is 500. The van der Waals surface area contributed by atoms with E-state index in [1.54, 1.807) is 0 Å². The highest BCUT2D eigenvalue weighted by atomic mass is 19.1. The number of hydrogen-bond acceptors (Lipinski definition) is 3. The van der Waals surface area contributed by atoms with Gasteiger partial charge in [0.15, 0.2) is 0 Å². The second-order valence-corrected chi connectivity index (χ2v) is 5.55. The summed E-state index contributed by atoms with van der Waals surface area (Å²) < 4.78 is 26.8. The fourth-order valence-electron chi connectivity index (χ4n) is 2.60. The third kappa shape index (κ3) is 3.43. The van der Waals surface area contributed by atoms with E-state index in [-0.39, 0.29) is 5.69 Å². The summed E-state index contributed by atoms with van der Waals surface area (Å²) in [5.74, 6) is -0.772. The minimum absolute atomic E-state index is 0.00304. The van der Waals surface area contributed by atoms with Crippen LogP contribution in [0.5, 0.6) is 0 Å². The number of nitro benzene ring substituents is 1. The molecular formula is C14H18F2N2O2. The molecule has 0 radical (unpaired) electrons. The van der Waals surface area contributed by atoms with E-state index in [4.69, 9.17) is 0 Å². The lowest BCUT2D eigenvalue weighted by atomic mass is 9.83. The molecule has 0 aromatic heterocycles. The molecule has 1 fully saturated rings. The SMILES string of the molecule is CC1CCC(CNc2cc([N+](=O)[O-])c(F)cc2F)CC1. The normalized spacial score (nSPS) is 22.6. The van der Waals surface area contributed by atoms with Crippen molar-refractivity contribution in [3.05, 3.63) is 33.9 Å². The Morgan fingerprint density at radius 3 is 2.50 bits per heavy atom. The van der Waals surface area contributed by atoms with Crippen LogP contribution >= 0.6 is 0 Å². The fourth-order valence-corrected chi connectivity index (χ4v) is 2.60. The van der Waals surface area contributed by atoms with E-state index < -0.39 is 22.2 Å². The topological polar surface area (TPSA) is 55.2 Å². The molecule has 2 rings (SSSR count). The third-order valence-corrected chi connectivity index (χ3v) is 3.95. The molecule has 0 unspecified atom stereocenters. The van der Waals surface area contributed by atoms with Crippen LogP contribution in [0.1, 0.15) is 32.6 Å². The number of nitrogens with one attached hydrogen (secondary N) is 1. The molecule has 4 nitrogen and oxygen atoms in total. The van der Waals surface area contributed by atoms with Crippen LogP contribution in [-0.4, -0.2) is 11.5 Å². The molecule has 1 aliphatic rings. The van der Waals surface area contributed by atoms with Gasteiger partial charge in [0, 0.05) is 18.7 Å². The van der Waals surface area contributed by atoms with Gasteiger partial charge in [0.1, 0.15) is 5.82 Å². The first-order valence-corrected chi connectivity index (χ1v) is 6.84. The number of rotatable bonds is 4. The van der Waals surface area contributed by atoms with E-state index in [1.807, 2.05) is 0 Å². The first-order valence-electron chi connectivity index (χ1n) is 6.84. The molecule has 0 bridgehead atoms. The zero-order chi connectivity index (χ0) is 14.7. The summed E-state index contributed by atoms with van der Waals surface area (Å²) in [6.07, 6.45) is 4.44. The predicted molar refractivity (Wildman–Crippen MR) is 72.6 cm³/mol. The summed E-state index contributed by atoms with van der Waals surface area (Å²) in [6.45, 7) is 2.78. The van der Waals surface area contributed by atoms with E-state index in [9.17, 15) is 18.9 Å². The maximum atomic E-state index is 13.6. The van der Waals surface area contributed by atoms with Gasteiger partial charge in [-0.1, -0.05) is 19.8 Å². The van der Waals surface area contributed by atoms with Crippen molar-refractivity contribution in [2.75, 3.05) is 11.9 Å². The molecule has 6 heteroatoms. The summed E-state index contributed by atoms with van der Waals surface area (Å²) in [4.78, 5) is 9.80. The highest BCUT2D eigenvalue weighted by molar-refractivity contribution is 5.53. The lowest BCUT2D eigenvalue weighted by molar-refractivity contribution is -0.387.